The van der Waals surface area contributed by atoms with Crippen molar-refractivity contribution in [2.45, 2.75) is 78.4 Å². The lowest BCUT2D eigenvalue weighted by Crippen LogP contribution is -2.34. The van der Waals surface area contributed by atoms with Crippen molar-refractivity contribution >= 4 is 15.9 Å². The fourth-order valence-corrected chi connectivity index (χ4v) is 3.95. The molecule has 1 aliphatic carbocycles. The highest BCUT2D eigenvalue weighted by atomic mass is 79.9. The molecule has 1 atom stereocenters. The van der Waals surface area contributed by atoms with Crippen molar-refractivity contribution in [1.82, 2.24) is 15.1 Å². The van der Waals surface area contributed by atoms with E-state index in [0.29, 0.717) is 6.04 Å². The Kier molecular flexibility index (Phi) is 6.09. The van der Waals surface area contributed by atoms with Gasteiger partial charge in [-0.1, -0.05) is 26.2 Å². The number of rotatable bonds is 6. The quantitative estimate of drug-likeness (QED) is 0.836. The summed E-state index contributed by atoms with van der Waals surface area (Å²) < 4.78 is 3.33. The summed E-state index contributed by atoms with van der Waals surface area (Å²) in [4.78, 5) is 0. The van der Waals surface area contributed by atoms with Crippen LogP contribution in [0.1, 0.15) is 64.3 Å². The van der Waals surface area contributed by atoms with Crippen LogP contribution in [0.25, 0.3) is 0 Å². The Morgan fingerprint density at radius 2 is 2.00 bits per heavy atom. The zero-order chi connectivity index (χ0) is 14.5. The Morgan fingerprint density at radius 3 is 2.60 bits per heavy atom. The fraction of sp³-hybridized carbons (Fsp3) is 0.812. The minimum absolute atomic E-state index is 0.604. The van der Waals surface area contributed by atoms with Gasteiger partial charge in [0.15, 0.2) is 0 Å². The van der Waals surface area contributed by atoms with Crippen LogP contribution in [0.4, 0.5) is 0 Å². The summed E-state index contributed by atoms with van der Waals surface area (Å²) in [5, 5.41) is 8.40. The summed E-state index contributed by atoms with van der Waals surface area (Å²) in [6, 6.07) is 0.604. The van der Waals surface area contributed by atoms with Crippen LogP contribution in [0.2, 0.25) is 0 Å². The molecule has 0 amide bonds. The normalized spacial score (nSPS) is 18.4. The second kappa shape index (κ2) is 7.60. The number of hydrogen-bond acceptors (Lipinski definition) is 2. The van der Waals surface area contributed by atoms with Crippen LogP contribution in [0.3, 0.4) is 0 Å². The molecule has 1 aromatic heterocycles. The first-order chi connectivity index (χ1) is 9.67. The highest BCUT2D eigenvalue weighted by molar-refractivity contribution is 9.10. The zero-order valence-electron chi connectivity index (χ0n) is 13.1. The topological polar surface area (TPSA) is 29.9 Å². The molecule has 0 bridgehead atoms. The van der Waals surface area contributed by atoms with Crippen LogP contribution in [-0.4, -0.2) is 15.8 Å². The Bertz CT molecular complexity index is 422. The molecular formula is C16H28BrN3. The van der Waals surface area contributed by atoms with E-state index in [1.54, 1.807) is 0 Å². The molecule has 2 rings (SSSR count). The van der Waals surface area contributed by atoms with Gasteiger partial charge in [0.25, 0.3) is 0 Å². The number of halogens is 1. The van der Waals surface area contributed by atoms with Crippen molar-refractivity contribution in [3.63, 3.8) is 0 Å². The third-order valence-corrected chi connectivity index (χ3v) is 5.56. The molecule has 1 fully saturated rings. The third kappa shape index (κ3) is 3.64. The van der Waals surface area contributed by atoms with E-state index in [9.17, 15) is 0 Å². The first kappa shape index (κ1) is 16.0. The number of aromatic nitrogens is 2. The molecule has 1 heterocycles. The first-order valence-electron chi connectivity index (χ1n) is 8.14. The van der Waals surface area contributed by atoms with Gasteiger partial charge in [-0.2, -0.15) is 5.10 Å². The van der Waals surface area contributed by atoms with Gasteiger partial charge in [0.1, 0.15) is 0 Å². The molecule has 20 heavy (non-hydrogen) atoms. The van der Waals surface area contributed by atoms with Crippen molar-refractivity contribution in [3.8, 4) is 0 Å². The number of nitrogens with one attached hydrogen (secondary N) is 1. The standard InChI is InChI=1S/C16H28BrN3/c1-4-14-16(17)15(20(5-2)19-14)11-18-12(3)13-9-7-6-8-10-13/h12-13,18H,4-11H2,1-3H3/t12-/m1/s1. The van der Waals surface area contributed by atoms with E-state index in [1.807, 2.05) is 0 Å². The summed E-state index contributed by atoms with van der Waals surface area (Å²) in [6.07, 6.45) is 8.02. The lowest BCUT2D eigenvalue weighted by Gasteiger charge is -2.28. The van der Waals surface area contributed by atoms with Crippen LogP contribution in [0.15, 0.2) is 4.47 Å². The Morgan fingerprint density at radius 1 is 1.30 bits per heavy atom. The predicted octanol–water partition coefficient (Wildman–Crippen LogP) is 4.29. The average molecular weight is 342 g/mol. The summed E-state index contributed by atoms with van der Waals surface area (Å²) in [5.41, 5.74) is 2.47. The van der Waals surface area contributed by atoms with Crippen molar-refractivity contribution in [3.05, 3.63) is 15.9 Å². The highest BCUT2D eigenvalue weighted by Crippen LogP contribution is 2.27. The monoisotopic (exact) mass is 341 g/mol. The fourth-order valence-electron chi connectivity index (χ4n) is 3.24. The Labute approximate surface area is 131 Å². The van der Waals surface area contributed by atoms with Crippen LogP contribution >= 0.6 is 15.9 Å². The summed E-state index contributed by atoms with van der Waals surface area (Å²) in [7, 11) is 0. The maximum Gasteiger partial charge on any atom is 0.0767 e. The zero-order valence-corrected chi connectivity index (χ0v) is 14.7. The van der Waals surface area contributed by atoms with Crippen molar-refractivity contribution in [1.29, 1.82) is 0 Å². The third-order valence-electron chi connectivity index (χ3n) is 4.64. The van der Waals surface area contributed by atoms with Gasteiger partial charge in [-0.25, -0.2) is 0 Å². The smallest absolute Gasteiger partial charge is 0.0767 e. The predicted molar refractivity (Wildman–Crippen MR) is 87.9 cm³/mol. The molecule has 0 aliphatic heterocycles. The van der Waals surface area contributed by atoms with Crippen LogP contribution in [0, 0.1) is 5.92 Å². The Hall–Kier alpha value is -0.350. The Balaban J connectivity index is 1.97. The molecular weight excluding hydrogens is 314 g/mol. The molecule has 3 nitrogen and oxygen atoms in total. The van der Waals surface area contributed by atoms with Gasteiger partial charge >= 0.3 is 0 Å². The van der Waals surface area contributed by atoms with Crippen LogP contribution in [-0.2, 0) is 19.5 Å². The molecule has 0 radical (unpaired) electrons. The largest absolute Gasteiger partial charge is 0.308 e. The number of aryl methyl sites for hydroxylation is 2. The highest BCUT2D eigenvalue weighted by Gasteiger charge is 2.21. The van der Waals surface area contributed by atoms with E-state index < -0.39 is 0 Å². The van der Waals surface area contributed by atoms with Crippen molar-refractivity contribution in [2.75, 3.05) is 0 Å². The lowest BCUT2D eigenvalue weighted by atomic mass is 9.84. The van der Waals surface area contributed by atoms with E-state index in [2.05, 4.69) is 51.8 Å². The summed E-state index contributed by atoms with van der Waals surface area (Å²) >= 11 is 3.73. The van der Waals surface area contributed by atoms with E-state index >= 15 is 0 Å². The average Bonchev–Trinajstić information content (AvgIpc) is 2.81. The molecule has 1 saturated carbocycles. The van der Waals surface area contributed by atoms with Gasteiger partial charge in [0.05, 0.1) is 15.9 Å². The summed E-state index contributed by atoms with van der Waals surface area (Å²) in [5.74, 6) is 0.853. The van der Waals surface area contributed by atoms with Gasteiger partial charge in [-0.15, -0.1) is 0 Å². The lowest BCUT2D eigenvalue weighted by molar-refractivity contribution is 0.279. The van der Waals surface area contributed by atoms with Gasteiger partial charge in [-0.05, 0) is 55.0 Å². The van der Waals surface area contributed by atoms with Gasteiger partial charge in [-0.3, -0.25) is 4.68 Å². The van der Waals surface area contributed by atoms with E-state index in [0.717, 1.165) is 25.4 Å². The molecule has 0 spiro atoms. The molecule has 0 aromatic carbocycles. The van der Waals surface area contributed by atoms with Crippen LogP contribution < -0.4 is 5.32 Å². The van der Waals surface area contributed by atoms with Gasteiger partial charge in [0, 0.05) is 19.1 Å². The van der Waals surface area contributed by atoms with E-state index in [1.165, 1.54) is 48.0 Å². The molecule has 114 valence electrons. The van der Waals surface area contributed by atoms with Gasteiger partial charge in [0.2, 0.25) is 0 Å². The number of hydrogen-bond donors (Lipinski definition) is 1. The molecule has 1 aromatic rings. The van der Waals surface area contributed by atoms with Crippen LogP contribution in [0.5, 0.6) is 0 Å². The van der Waals surface area contributed by atoms with E-state index in [4.69, 9.17) is 0 Å². The minimum atomic E-state index is 0.604. The molecule has 1 aliphatic rings. The maximum atomic E-state index is 4.67. The SMILES string of the molecule is CCc1nn(CC)c(CN[C@H](C)C2CCCCC2)c1Br. The van der Waals surface area contributed by atoms with Crippen molar-refractivity contribution in [2.24, 2.45) is 5.92 Å². The molecule has 4 heteroatoms. The maximum absolute atomic E-state index is 4.67. The molecule has 0 unspecified atom stereocenters. The minimum Gasteiger partial charge on any atom is -0.308 e. The second-order valence-electron chi connectivity index (χ2n) is 5.94. The molecule has 0 saturated heterocycles. The van der Waals surface area contributed by atoms with E-state index in [-0.39, 0.29) is 0 Å². The first-order valence-corrected chi connectivity index (χ1v) is 8.94. The van der Waals surface area contributed by atoms with Crippen molar-refractivity contribution < 1.29 is 0 Å². The number of nitrogens with zero attached hydrogens (tertiary/aromatic N) is 2. The molecule has 1 N–H and O–H groups in total. The van der Waals surface area contributed by atoms with Gasteiger partial charge < -0.3 is 5.32 Å². The summed E-state index contributed by atoms with van der Waals surface area (Å²) in [6.45, 7) is 8.52. The second-order valence-corrected chi connectivity index (χ2v) is 6.74.